The molecule has 0 aliphatic carbocycles. The van der Waals surface area contributed by atoms with E-state index < -0.39 is 0 Å². The first-order valence-electron chi connectivity index (χ1n) is 9.25. The standard InChI is InChI=1S/C19H24O3.C3H6O.Hg/c1-21-18-10-6-16(7-11-18)17-8-12-19(13-9-17)22-15-5-3-2-4-14-20;1-2-3-4;/h6-13,20H,2-5,14-15H2,1H3;2-4H,1H3;/q;;+1/p-1. The monoisotopic (exact) mass is 559 g/mol. The fourth-order valence-electron chi connectivity index (χ4n) is 2.38. The number of ether oxygens (including phenoxy) is 2. The van der Waals surface area contributed by atoms with Crippen LogP contribution in [0.3, 0.4) is 0 Å². The van der Waals surface area contributed by atoms with Crippen molar-refractivity contribution in [3.05, 3.63) is 60.9 Å². The molecule has 0 bridgehead atoms. The topological polar surface area (TPSA) is 47.9 Å². The van der Waals surface area contributed by atoms with Crippen LogP contribution in [0.5, 0.6) is 11.5 Å². The SMILES string of the molecule is CC=C[O][Hg].COc1ccc(-c2ccc(OCCCCCCO)cc2)cc1. The van der Waals surface area contributed by atoms with Gasteiger partial charge in [-0.25, -0.2) is 0 Å². The number of aliphatic hydroxyl groups is 1. The number of methoxy groups -OCH3 is 1. The second-order valence-corrected chi connectivity index (χ2v) is 7.17. The van der Waals surface area contributed by atoms with Crippen LogP contribution in [-0.2, 0) is 29.2 Å². The van der Waals surface area contributed by atoms with Crippen LogP contribution in [0.2, 0.25) is 0 Å². The summed E-state index contributed by atoms with van der Waals surface area (Å²) >= 11 is 0.487. The Bertz CT molecular complexity index is 624. The van der Waals surface area contributed by atoms with Gasteiger partial charge in [-0.3, -0.25) is 0 Å². The van der Waals surface area contributed by atoms with Gasteiger partial charge in [0, 0.05) is 6.61 Å². The van der Waals surface area contributed by atoms with Crippen molar-refractivity contribution < 1.29 is 43.8 Å². The molecule has 0 heterocycles. The Balaban J connectivity index is 0.000000646. The summed E-state index contributed by atoms with van der Waals surface area (Å²) in [5.74, 6) is 1.77. The van der Waals surface area contributed by atoms with E-state index in [2.05, 4.69) is 24.3 Å². The number of benzene rings is 2. The van der Waals surface area contributed by atoms with Gasteiger partial charge in [-0.1, -0.05) is 30.7 Å². The molecule has 2 aromatic carbocycles. The van der Waals surface area contributed by atoms with Gasteiger partial charge < -0.3 is 14.6 Å². The number of hydrogen-bond acceptors (Lipinski definition) is 4. The zero-order valence-electron chi connectivity index (χ0n) is 16.4. The molecule has 1 N–H and O–H groups in total. The molecule has 0 atom stereocenters. The summed E-state index contributed by atoms with van der Waals surface area (Å²) in [5.41, 5.74) is 2.33. The van der Waals surface area contributed by atoms with Crippen LogP contribution < -0.4 is 9.47 Å². The average molecular weight is 558 g/mol. The van der Waals surface area contributed by atoms with Gasteiger partial charge in [0.25, 0.3) is 0 Å². The van der Waals surface area contributed by atoms with Crippen LogP contribution >= 0.6 is 0 Å². The molecule has 4 nitrogen and oxygen atoms in total. The van der Waals surface area contributed by atoms with Gasteiger partial charge in [0.2, 0.25) is 0 Å². The minimum Gasteiger partial charge on any atom is -0.497 e. The van der Waals surface area contributed by atoms with Crippen LogP contribution in [-0.4, -0.2) is 25.4 Å². The predicted molar refractivity (Wildman–Crippen MR) is 105 cm³/mol. The molecule has 0 aromatic heterocycles. The number of rotatable bonds is 10. The van der Waals surface area contributed by atoms with E-state index in [0.29, 0.717) is 26.6 Å². The van der Waals surface area contributed by atoms with Crippen LogP contribution in [0.25, 0.3) is 11.1 Å². The average Bonchev–Trinajstić information content (AvgIpc) is 2.72. The Hall–Kier alpha value is -1.52. The Kier molecular flexibility index (Phi) is 13.5. The molecular formula is C22H29HgO4. The van der Waals surface area contributed by atoms with E-state index in [-0.39, 0.29) is 6.61 Å². The van der Waals surface area contributed by atoms with E-state index in [0.717, 1.165) is 54.9 Å². The smallest absolute Gasteiger partial charge is 0.119 e. The maximum Gasteiger partial charge on any atom is 0.119 e. The van der Waals surface area contributed by atoms with E-state index in [1.807, 2.05) is 37.3 Å². The maximum atomic E-state index is 8.71. The van der Waals surface area contributed by atoms with Crippen LogP contribution in [0, 0.1) is 0 Å². The fourth-order valence-corrected chi connectivity index (χ4v) is 3.13. The third kappa shape index (κ3) is 10.4. The zero-order valence-corrected chi connectivity index (χ0v) is 21.9. The molecular weight excluding hydrogens is 529 g/mol. The first-order valence-corrected chi connectivity index (χ1v) is 11.5. The molecule has 143 valence electrons. The molecule has 2 aromatic rings. The number of allylic oxidation sites excluding steroid dienone is 1. The van der Waals surface area contributed by atoms with Crippen molar-refractivity contribution in [2.24, 2.45) is 0 Å². The number of hydrogen-bond donors (Lipinski definition) is 1. The summed E-state index contributed by atoms with van der Waals surface area (Å²) in [5, 5.41) is 8.71. The van der Waals surface area contributed by atoms with Crippen molar-refractivity contribution in [3.63, 3.8) is 0 Å². The zero-order chi connectivity index (χ0) is 19.7. The van der Waals surface area contributed by atoms with Gasteiger partial charge in [-0.05, 0) is 54.7 Å². The van der Waals surface area contributed by atoms with E-state index in [1.165, 1.54) is 0 Å². The summed E-state index contributed by atoms with van der Waals surface area (Å²) in [7, 11) is 1.67. The van der Waals surface area contributed by atoms with Crippen molar-refractivity contribution in [3.8, 4) is 22.6 Å². The van der Waals surface area contributed by atoms with Crippen LogP contribution in [0.4, 0.5) is 0 Å². The summed E-state index contributed by atoms with van der Waals surface area (Å²) in [4.78, 5) is 0. The molecule has 0 spiro atoms. The van der Waals surface area contributed by atoms with Crippen molar-refractivity contribution in [2.75, 3.05) is 20.3 Å². The van der Waals surface area contributed by atoms with Crippen molar-refractivity contribution in [2.45, 2.75) is 32.6 Å². The molecule has 5 heteroatoms. The van der Waals surface area contributed by atoms with Gasteiger partial charge in [0.1, 0.15) is 11.5 Å². The Morgan fingerprint density at radius 2 is 1.41 bits per heavy atom. The third-order valence-corrected chi connectivity index (χ3v) is 4.58. The van der Waals surface area contributed by atoms with Crippen LogP contribution in [0.15, 0.2) is 60.9 Å². The fraction of sp³-hybridized carbons (Fsp3) is 0.364. The molecule has 0 fully saturated rings. The Labute approximate surface area is 179 Å². The third-order valence-electron chi connectivity index (χ3n) is 3.83. The largest absolute Gasteiger partial charge is 0.497 e. The minimum absolute atomic E-state index is 0.285. The molecule has 0 aliphatic rings. The summed E-state index contributed by atoms with van der Waals surface area (Å²) in [6.45, 7) is 2.95. The second-order valence-electron chi connectivity index (χ2n) is 5.88. The van der Waals surface area contributed by atoms with Gasteiger partial charge in [0.15, 0.2) is 0 Å². The molecule has 0 saturated heterocycles. The van der Waals surface area contributed by atoms with Gasteiger partial charge >= 0.3 is 48.5 Å². The quantitative estimate of drug-likeness (QED) is 0.245. The van der Waals surface area contributed by atoms with Gasteiger partial charge in [0.05, 0.1) is 13.7 Å². The molecule has 27 heavy (non-hydrogen) atoms. The van der Waals surface area contributed by atoms with E-state index in [9.17, 15) is 0 Å². The summed E-state index contributed by atoms with van der Waals surface area (Å²) in [6.07, 6.45) is 7.67. The van der Waals surface area contributed by atoms with E-state index >= 15 is 0 Å². The molecule has 2 rings (SSSR count). The van der Waals surface area contributed by atoms with Crippen LogP contribution in [0.1, 0.15) is 32.6 Å². The van der Waals surface area contributed by atoms with Crippen molar-refractivity contribution >= 4 is 0 Å². The van der Waals surface area contributed by atoms with Gasteiger partial charge in [-0.15, -0.1) is 0 Å². The van der Waals surface area contributed by atoms with Crippen molar-refractivity contribution in [1.82, 2.24) is 0 Å². The normalized spacial score (nSPS) is 10.3. The molecule has 0 unspecified atom stereocenters. The molecule has 0 radical (unpaired) electrons. The second kappa shape index (κ2) is 15.5. The van der Waals surface area contributed by atoms with E-state index in [4.69, 9.17) is 17.2 Å². The predicted octanol–water partition coefficient (Wildman–Crippen LogP) is 5.29. The summed E-state index contributed by atoms with van der Waals surface area (Å²) in [6, 6.07) is 16.2. The molecule has 0 saturated carbocycles. The molecule has 0 aliphatic heterocycles. The first kappa shape index (κ1) is 23.5. The van der Waals surface area contributed by atoms with Crippen molar-refractivity contribution in [1.29, 1.82) is 0 Å². The minimum atomic E-state index is 0.285. The van der Waals surface area contributed by atoms with E-state index in [1.54, 1.807) is 13.4 Å². The first-order chi connectivity index (χ1) is 13.2. The van der Waals surface area contributed by atoms with Gasteiger partial charge in [-0.2, -0.15) is 0 Å². The summed E-state index contributed by atoms with van der Waals surface area (Å²) < 4.78 is 15.6. The Morgan fingerprint density at radius 1 is 0.852 bits per heavy atom. The maximum absolute atomic E-state index is 8.71. The number of unbranched alkanes of at least 4 members (excludes halogenated alkanes) is 3. The molecule has 0 amide bonds. The number of aliphatic hydroxyl groups excluding tert-OH is 1. The Morgan fingerprint density at radius 3 is 1.85 bits per heavy atom.